The molecule has 2 amide bonds. The molecule has 150 valence electrons. The van der Waals surface area contributed by atoms with Crippen LogP contribution in [0.3, 0.4) is 0 Å². The van der Waals surface area contributed by atoms with E-state index in [0.717, 1.165) is 16.9 Å². The van der Waals surface area contributed by atoms with Gasteiger partial charge in [0.05, 0.1) is 5.75 Å². The Hall–Kier alpha value is -1.98. The third-order valence-corrected chi connectivity index (χ3v) is 5.56. The number of nitrogens with zero attached hydrogens (tertiary/aromatic N) is 1. The van der Waals surface area contributed by atoms with Crippen LogP contribution in [0.2, 0.25) is 5.02 Å². The van der Waals surface area contributed by atoms with Gasteiger partial charge in [-0.2, -0.15) is 0 Å². The Bertz CT molecular complexity index is 753. The van der Waals surface area contributed by atoms with Crippen LogP contribution >= 0.6 is 23.4 Å². The molecule has 0 fully saturated rings. The Morgan fingerprint density at radius 2 is 1.75 bits per heavy atom. The number of hydrogen-bond acceptors (Lipinski definition) is 3. The lowest BCUT2D eigenvalue weighted by Crippen LogP contribution is -2.49. The van der Waals surface area contributed by atoms with Crippen molar-refractivity contribution in [2.75, 3.05) is 12.3 Å². The van der Waals surface area contributed by atoms with E-state index in [2.05, 4.69) is 5.32 Å². The van der Waals surface area contributed by atoms with Crippen molar-refractivity contribution in [1.82, 2.24) is 10.2 Å². The van der Waals surface area contributed by atoms with Crippen LogP contribution in [0, 0.1) is 0 Å². The van der Waals surface area contributed by atoms with Crippen molar-refractivity contribution in [1.29, 1.82) is 0 Å². The van der Waals surface area contributed by atoms with Crippen LogP contribution in [0.4, 0.5) is 0 Å². The third-order valence-electron chi connectivity index (χ3n) is 4.31. The summed E-state index contributed by atoms with van der Waals surface area (Å²) >= 11 is 7.46. The zero-order valence-electron chi connectivity index (χ0n) is 16.4. The van der Waals surface area contributed by atoms with E-state index in [1.807, 2.05) is 56.3 Å². The second-order valence-corrected chi connectivity index (χ2v) is 7.95. The number of hydrogen-bond donors (Lipinski definition) is 1. The summed E-state index contributed by atoms with van der Waals surface area (Å²) in [5.41, 5.74) is 0.948. The summed E-state index contributed by atoms with van der Waals surface area (Å²) in [6.07, 6.45) is 1.42. The summed E-state index contributed by atoms with van der Waals surface area (Å²) in [6.45, 7) is 4.93. The Kier molecular flexibility index (Phi) is 9.38. The lowest BCUT2D eigenvalue weighted by atomic mass is 10.1. The van der Waals surface area contributed by atoms with Crippen LogP contribution in [0.15, 0.2) is 59.5 Å². The van der Waals surface area contributed by atoms with Gasteiger partial charge in [0.1, 0.15) is 6.04 Å². The summed E-state index contributed by atoms with van der Waals surface area (Å²) < 4.78 is 0. The largest absolute Gasteiger partial charge is 0.354 e. The van der Waals surface area contributed by atoms with Gasteiger partial charge < -0.3 is 10.2 Å². The van der Waals surface area contributed by atoms with Crippen LogP contribution in [0.5, 0.6) is 0 Å². The summed E-state index contributed by atoms with van der Waals surface area (Å²) in [4.78, 5) is 28.4. The molecule has 2 rings (SSSR count). The molecular formula is C22H27ClN2O2S. The van der Waals surface area contributed by atoms with Crippen molar-refractivity contribution in [2.24, 2.45) is 0 Å². The molecule has 28 heavy (non-hydrogen) atoms. The Morgan fingerprint density at radius 1 is 1.07 bits per heavy atom. The molecular weight excluding hydrogens is 392 g/mol. The molecule has 0 saturated heterocycles. The van der Waals surface area contributed by atoms with Crippen molar-refractivity contribution >= 4 is 35.2 Å². The van der Waals surface area contributed by atoms with Gasteiger partial charge in [0, 0.05) is 23.0 Å². The number of carbonyl (C=O) groups excluding carboxylic acids is 2. The number of amides is 2. The molecule has 2 aromatic rings. The van der Waals surface area contributed by atoms with Gasteiger partial charge in [0.15, 0.2) is 0 Å². The number of thioether (sulfide) groups is 1. The standard InChI is InChI=1S/C22H27ClN2O2S/c1-3-14-24-22(27)20(4-2)25(15-17-10-12-18(23)13-11-17)21(26)16-28-19-8-6-5-7-9-19/h5-13,20H,3-4,14-16H2,1-2H3,(H,24,27)/t20-/m0/s1. The van der Waals surface area contributed by atoms with E-state index in [9.17, 15) is 9.59 Å². The lowest BCUT2D eigenvalue weighted by molar-refractivity contribution is -0.139. The molecule has 6 heteroatoms. The van der Waals surface area contributed by atoms with Crippen molar-refractivity contribution in [3.8, 4) is 0 Å². The maximum atomic E-state index is 13.1. The van der Waals surface area contributed by atoms with E-state index in [1.165, 1.54) is 11.8 Å². The molecule has 0 heterocycles. The van der Waals surface area contributed by atoms with E-state index in [4.69, 9.17) is 11.6 Å². The monoisotopic (exact) mass is 418 g/mol. The second-order valence-electron chi connectivity index (χ2n) is 6.46. The first-order valence-electron chi connectivity index (χ1n) is 9.54. The number of carbonyl (C=O) groups is 2. The first-order chi connectivity index (χ1) is 13.5. The van der Waals surface area contributed by atoms with Crippen molar-refractivity contribution < 1.29 is 9.59 Å². The zero-order valence-corrected chi connectivity index (χ0v) is 17.9. The van der Waals surface area contributed by atoms with Gasteiger partial charge in [0.25, 0.3) is 0 Å². The van der Waals surface area contributed by atoms with Crippen LogP contribution < -0.4 is 5.32 Å². The molecule has 0 unspecified atom stereocenters. The maximum Gasteiger partial charge on any atom is 0.242 e. The molecule has 0 aliphatic rings. The highest BCUT2D eigenvalue weighted by molar-refractivity contribution is 8.00. The number of nitrogens with one attached hydrogen (secondary N) is 1. The summed E-state index contributed by atoms with van der Waals surface area (Å²) in [5, 5.41) is 3.57. The molecule has 0 bridgehead atoms. The quantitative estimate of drug-likeness (QED) is 0.565. The summed E-state index contributed by atoms with van der Waals surface area (Å²) in [7, 11) is 0. The Morgan fingerprint density at radius 3 is 2.36 bits per heavy atom. The summed E-state index contributed by atoms with van der Waals surface area (Å²) in [6, 6.07) is 16.7. The van der Waals surface area contributed by atoms with E-state index in [1.54, 1.807) is 17.0 Å². The fourth-order valence-electron chi connectivity index (χ4n) is 2.82. The van der Waals surface area contributed by atoms with Gasteiger partial charge in [-0.3, -0.25) is 9.59 Å². The topological polar surface area (TPSA) is 49.4 Å². The van der Waals surface area contributed by atoms with E-state index >= 15 is 0 Å². The van der Waals surface area contributed by atoms with Crippen LogP contribution in [0.25, 0.3) is 0 Å². The van der Waals surface area contributed by atoms with Crippen LogP contribution in [-0.2, 0) is 16.1 Å². The minimum Gasteiger partial charge on any atom is -0.354 e. The van der Waals surface area contributed by atoms with Gasteiger partial charge in [-0.15, -0.1) is 11.8 Å². The van der Waals surface area contributed by atoms with Crippen LogP contribution in [-0.4, -0.2) is 35.1 Å². The molecule has 0 aliphatic carbocycles. The van der Waals surface area contributed by atoms with Gasteiger partial charge in [-0.05, 0) is 42.7 Å². The predicted octanol–water partition coefficient (Wildman–Crippen LogP) is 4.77. The fraction of sp³-hybridized carbons (Fsp3) is 0.364. The van der Waals surface area contributed by atoms with Gasteiger partial charge in [-0.25, -0.2) is 0 Å². The lowest BCUT2D eigenvalue weighted by Gasteiger charge is -2.30. The molecule has 0 radical (unpaired) electrons. The molecule has 1 atom stereocenters. The smallest absolute Gasteiger partial charge is 0.242 e. The SMILES string of the molecule is CCCNC(=O)[C@H](CC)N(Cc1ccc(Cl)cc1)C(=O)CSc1ccccc1. The zero-order chi connectivity index (χ0) is 20.4. The summed E-state index contributed by atoms with van der Waals surface area (Å²) in [5.74, 6) is 0.133. The van der Waals surface area contributed by atoms with Gasteiger partial charge >= 0.3 is 0 Å². The molecule has 4 nitrogen and oxygen atoms in total. The molecule has 2 aromatic carbocycles. The fourth-order valence-corrected chi connectivity index (χ4v) is 3.75. The maximum absolute atomic E-state index is 13.1. The molecule has 0 aliphatic heterocycles. The average molecular weight is 419 g/mol. The highest BCUT2D eigenvalue weighted by Gasteiger charge is 2.28. The van der Waals surface area contributed by atoms with Crippen LogP contribution in [0.1, 0.15) is 32.3 Å². The second kappa shape index (κ2) is 11.8. The van der Waals surface area contributed by atoms with Crippen molar-refractivity contribution in [3.05, 3.63) is 65.2 Å². The van der Waals surface area contributed by atoms with Gasteiger partial charge in [-0.1, -0.05) is 55.8 Å². The van der Waals surface area contributed by atoms with Crippen molar-refractivity contribution in [2.45, 2.75) is 44.2 Å². The van der Waals surface area contributed by atoms with E-state index in [-0.39, 0.29) is 17.6 Å². The predicted molar refractivity (Wildman–Crippen MR) is 117 cm³/mol. The molecule has 1 N–H and O–H groups in total. The normalized spacial score (nSPS) is 11.7. The third kappa shape index (κ3) is 6.88. The number of rotatable bonds is 10. The molecule has 0 aromatic heterocycles. The highest BCUT2D eigenvalue weighted by Crippen LogP contribution is 2.20. The molecule has 0 saturated carbocycles. The highest BCUT2D eigenvalue weighted by atomic mass is 35.5. The minimum atomic E-state index is -0.494. The number of benzene rings is 2. The molecule has 0 spiro atoms. The van der Waals surface area contributed by atoms with E-state index in [0.29, 0.717) is 24.5 Å². The van der Waals surface area contributed by atoms with E-state index < -0.39 is 6.04 Å². The average Bonchev–Trinajstić information content (AvgIpc) is 2.72. The first kappa shape index (κ1) is 22.3. The Labute approximate surface area is 176 Å². The first-order valence-corrected chi connectivity index (χ1v) is 10.9. The Balaban J connectivity index is 2.16. The minimum absolute atomic E-state index is 0.0534. The number of halogens is 1. The van der Waals surface area contributed by atoms with Gasteiger partial charge in [0.2, 0.25) is 11.8 Å². The van der Waals surface area contributed by atoms with Crippen molar-refractivity contribution in [3.63, 3.8) is 0 Å².